The summed E-state index contributed by atoms with van der Waals surface area (Å²) in [5, 5.41) is 0.315. The van der Waals surface area contributed by atoms with Gasteiger partial charge in [-0.25, -0.2) is 19.7 Å². The van der Waals surface area contributed by atoms with Gasteiger partial charge in [0.1, 0.15) is 24.7 Å². The van der Waals surface area contributed by atoms with Crippen molar-refractivity contribution in [2.75, 3.05) is 6.61 Å². The second kappa shape index (κ2) is 6.78. The van der Waals surface area contributed by atoms with Crippen LogP contribution in [0.2, 0.25) is 5.15 Å². The summed E-state index contributed by atoms with van der Waals surface area (Å²) in [6.45, 7) is 0.215. The molecule has 0 aliphatic carbocycles. The predicted molar refractivity (Wildman–Crippen MR) is 90.2 cm³/mol. The van der Waals surface area contributed by atoms with Crippen LogP contribution in [0.25, 0.3) is 11.2 Å². The quantitative estimate of drug-likeness (QED) is 0.527. The summed E-state index contributed by atoms with van der Waals surface area (Å²) in [7, 11) is 0. The molecule has 3 aromatic rings. The van der Waals surface area contributed by atoms with Crippen LogP contribution in [0.3, 0.4) is 0 Å². The number of benzene rings is 1. The number of nitrogens with zero attached hydrogens (tertiary/aromatic N) is 4. The first-order chi connectivity index (χ1) is 12.2. The highest BCUT2D eigenvalue weighted by Gasteiger charge is 2.29. The van der Waals surface area contributed by atoms with Crippen molar-refractivity contribution in [1.29, 1.82) is 0 Å². The van der Waals surface area contributed by atoms with Crippen molar-refractivity contribution in [3.05, 3.63) is 53.7 Å². The normalized spacial score (nSPS) is 20.0. The van der Waals surface area contributed by atoms with Crippen molar-refractivity contribution in [2.45, 2.75) is 25.2 Å². The van der Waals surface area contributed by atoms with Gasteiger partial charge >= 0.3 is 5.97 Å². The number of imidazole rings is 1. The van der Waals surface area contributed by atoms with Crippen LogP contribution >= 0.6 is 11.6 Å². The summed E-state index contributed by atoms with van der Waals surface area (Å²) in [4.78, 5) is 24.4. The number of hydrogen-bond acceptors (Lipinski definition) is 6. The SMILES string of the molecule is O=C(OC[C@@H]1CCC(n2cnc3c(Cl)ncnc32)O1)c1ccccc1. The summed E-state index contributed by atoms with van der Waals surface area (Å²) >= 11 is 6.02. The van der Waals surface area contributed by atoms with E-state index in [2.05, 4.69) is 15.0 Å². The molecule has 25 heavy (non-hydrogen) atoms. The van der Waals surface area contributed by atoms with E-state index in [-0.39, 0.29) is 24.9 Å². The molecule has 0 spiro atoms. The molecule has 0 amide bonds. The van der Waals surface area contributed by atoms with E-state index in [1.54, 1.807) is 30.6 Å². The van der Waals surface area contributed by atoms with Crippen LogP contribution < -0.4 is 0 Å². The van der Waals surface area contributed by atoms with E-state index in [4.69, 9.17) is 21.1 Å². The van der Waals surface area contributed by atoms with E-state index in [0.29, 0.717) is 21.9 Å². The van der Waals surface area contributed by atoms with Crippen molar-refractivity contribution in [3.8, 4) is 0 Å². The summed E-state index contributed by atoms with van der Waals surface area (Å²) in [5.41, 5.74) is 1.71. The smallest absolute Gasteiger partial charge is 0.338 e. The van der Waals surface area contributed by atoms with Crippen LogP contribution in [-0.4, -0.2) is 38.2 Å². The molecule has 2 atom stereocenters. The van der Waals surface area contributed by atoms with Crippen molar-refractivity contribution in [3.63, 3.8) is 0 Å². The highest BCUT2D eigenvalue weighted by atomic mass is 35.5. The lowest BCUT2D eigenvalue weighted by Gasteiger charge is -2.15. The van der Waals surface area contributed by atoms with Crippen LogP contribution in [0.1, 0.15) is 29.4 Å². The first kappa shape index (κ1) is 16.0. The van der Waals surface area contributed by atoms with Gasteiger partial charge in [-0.3, -0.25) is 4.57 Å². The second-order valence-electron chi connectivity index (χ2n) is 5.74. The molecular weight excluding hydrogens is 344 g/mol. The molecule has 0 bridgehead atoms. The Labute approximate surface area is 148 Å². The molecule has 1 unspecified atom stereocenters. The first-order valence-electron chi connectivity index (χ1n) is 7.93. The number of fused-ring (bicyclic) bond motifs is 1. The monoisotopic (exact) mass is 358 g/mol. The molecule has 8 heteroatoms. The minimum atomic E-state index is -0.347. The minimum absolute atomic E-state index is 0.160. The third-order valence-corrected chi connectivity index (χ3v) is 4.40. The Morgan fingerprint density at radius 1 is 1.24 bits per heavy atom. The molecule has 1 saturated heterocycles. The molecule has 1 aliphatic heterocycles. The lowest BCUT2D eigenvalue weighted by molar-refractivity contribution is -0.0309. The third-order valence-electron chi connectivity index (χ3n) is 4.12. The van der Waals surface area contributed by atoms with Crippen LogP contribution in [0.5, 0.6) is 0 Å². The standard InChI is InChI=1S/C17H15ClN4O3/c18-15-14-16(20-9-19-15)22(10-21-14)13-7-6-12(25-13)8-24-17(23)11-4-2-1-3-5-11/h1-5,9-10,12-13H,6-8H2/t12-,13?/m0/s1. The summed E-state index contributed by atoms with van der Waals surface area (Å²) in [6, 6.07) is 8.90. The lowest BCUT2D eigenvalue weighted by atomic mass is 10.2. The third kappa shape index (κ3) is 3.20. The Balaban J connectivity index is 1.40. The van der Waals surface area contributed by atoms with Crippen molar-refractivity contribution < 1.29 is 14.3 Å². The molecule has 1 fully saturated rings. The van der Waals surface area contributed by atoms with Gasteiger partial charge in [-0.2, -0.15) is 0 Å². The molecule has 2 aromatic heterocycles. The highest BCUT2D eigenvalue weighted by Crippen LogP contribution is 2.31. The average Bonchev–Trinajstić information content (AvgIpc) is 3.27. The zero-order valence-electron chi connectivity index (χ0n) is 13.2. The molecule has 4 rings (SSSR count). The largest absolute Gasteiger partial charge is 0.459 e. The van der Waals surface area contributed by atoms with Gasteiger partial charge in [0.15, 0.2) is 10.8 Å². The first-order valence-corrected chi connectivity index (χ1v) is 8.31. The van der Waals surface area contributed by atoms with E-state index < -0.39 is 0 Å². The number of esters is 1. The topological polar surface area (TPSA) is 79.1 Å². The predicted octanol–water partition coefficient (Wildman–Crippen LogP) is 3.01. The molecule has 0 radical (unpaired) electrons. The fourth-order valence-corrected chi connectivity index (χ4v) is 3.05. The van der Waals surface area contributed by atoms with Gasteiger partial charge in [-0.15, -0.1) is 0 Å². The number of aromatic nitrogens is 4. The Bertz CT molecular complexity index is 899. The average molecular weight is 359 g/mol. The van der Waals surface area contributed by atoms with Crippen LogP contribution in [0.15, 0.2) is 43.0 Å². The molecule has 128 valence electrons. The summed E-state index contributed by atoms with van der Waals surface area (Å²) in [5.74, 6) is -0.347. The van der Waals surface area contributed by atoms with E-state index in [9.17, 15) is 4.79 Å². The molecule has 7 nitrogen and oxygen atoms in total. The van der Waals surface area contributed by atoms with Crippen LogP contribution in [-0.2, 0) is 9.47 Å². The van der Waals surface area contributed by atoms with Gasteiger partial charge < -0.3 is 9.47 Å². The number of halogens is 1. The number of hydrogen-bond donors (Lipinski definition) is 0. The molecule has 1 aliphatic rings. The van der Waals surface area contributed by atoms with Crippen molar-refractivity contribution in [1.82, 2.24) is 19.5 Å². The molecule has 0 saturated carbocycles. The minimum Gasteiger partial charge on any atom is -0.459 e. The number of rotatable bonds is 4. The lowest BCUT2D eigenvalue weighted by Crippen LogP contribution is -2.19. The van der Waals surface area contributed by atoms with Gasteiger partial charge in [0.2, 0.25) is 0 Å². The van der Waals surface area contributed by atoms with Crippen LogP contribution in [0, 0.1) is 0 Å². The molecular formula is C17H15ClN4O3. The maximum Gasteiger partial charge on any atom is 0.338 e. The zero-order chi connectivity index (χ0) is 17.2. The van der Waals surface area contributed by atoms with Gasteiger partial charge in [0.25, 0.3) is 0 Å². The number of carbonyl (C=O) groups is 1. The van der Waals surface area contributed by atoms with Crippen molar-refractivity contribution >= 4 is 28.7 Å². The van der Waals surface area contributed by atoms with E-state index in [1.807, 2.05) is 10.6 Å². The fraction of sp³-hybridized carbons (Fsp3) is 0.294. The molecule has 3 heterocycles. The van der Waals surface area contributed by atoms with Gasteiger partial charge in [0.05, 0.1) is 18.0 Å². The van der Waals surface area contributed by atoms with E-state index in [1.165, 1.54) is 6.33 Å². The van der Waals surface area contributed by atoms with Crippen molar-refractivity contribution in [2.24, 2.45) is 0 Å². The maximum absolute atomic E-state index is 12.0. The second-order valence-corrected chi connectivity index (χ2v) is 6.10. The maximum atomic E-state index is 12.0. The fourth-order valence-electron chi connectivity index (χ4n) is 2.87. The van der Waals surface area contributed by atoms with E-state index in [0.717, 1.165) is 12.8 Å². The van der Waals surface area contributed by atoms with Crippen LogP contribution in [0.4, 0.5) is 0 Å². The Morgan fingerprint density at radius 2 is 2.08 bits per heavy atom. The zero-order valence-corrected chi connectivity index (χ0v) is 14.0. The van der Waals surface area contributed by atoms with Gasteiger partial charge in [0, 0.05) is 0 Å². The highest BCUT2D eigenvalue weighted by molar-refractivity contribution is 6.33. The van der Waals surface area contributed by atoms with E-state index >= 15 is 0 Å². The van der Waals surface area contributed by atoms with Gasteiger partial charge in [-0.1, -0.05) is 29.8 Å². The Hall–Kier alpha value is -2.51. The molecule has 1 aromatic carbocycles. The summed E-state index contributed by atoms with van der Waals surface area (Å²) in [6.07, 6.45) is 4.24. The van der Waals surface area contributed by atoms with Gasteiger partial charge in [-0.05, 0) is 25.0 Å². The Kier molecular flexibility index (Phi) is 4.33. The molecule has 0 N–H and O–H groups in total. The summed E-state index contributed by atoms with van der Waals surface area (Å²) < 4.78 is 13.2. The number of ether oxygens (including phenoxy) is 2. The Morgan fingerprint density at radius 3 is 2.92 bits per heavy atom. The number of carbonyl (C=O) groups excluding carboxylic acids is 1.